The molecule has 1 saturated heterocycles. The molecule has 6 heteroatoms. The molecule has 0 spiro atoms. The number of nitrogens with one attached hydrogen (secondary N) is 1. The summed E-state index contributed by atoms with van der Waals surface area (Å²) in [5.41, 5.74) is 3.01. The number of benzene rings is 2. The molecule has 0 bridgehead atoms. The van der Waals surface area contributed by atoms with Crippen LogP contribution in [0.2, 0.25) is 0 Å². The highest BCUT2D eigenvalue weighted by Gasteiger charge is 2.20. The number of fused-ring (bicyclic) bond motifs is 1. The molecule has 0 atom stereocenters. The standard InChI is InChI=1S/C26H32N4O2/c31-25(19-21-11-3-1-4-12-21)27-16-8-2-5-15-24-28-22-13-6-7-14-23(22)30(24)20-26(32)29-17-9-10-18-29/h1,3-4,6-7,11-14H,2,5,8-10,15-20H2,(H,27,31). The van der Waals surface area contributed by atoms with Gasteiger partial charge in [-0.05, 0) is 43.4 Å². The molecule has 0 unspecified atom stereocenters. The average molecular weight is 433 g/mol. The zero-order valence-electron chi connectivity index (χ0n) is 18.6. The largest absolute Gasteiger partial charge is 0.356 e. The molecule has 1 aliphatic rings. The van der Waals surface area contributed by atoms with Gasteiger partial charge in [-0.3, -0.25) is 9.59 Å². The van der Waals surface area contributed by atoms with Crippen molar-refractivity contribution in [2.45, 2.75) is 51.5 Å². The molecule has 168 valence electrons. The third-order valence-electron chi connectivity index (χ3n) is 6.09. The fraction of sp³-hybridized carbons (Fsp3) is 0.423. The van der Waals surface area contributed by atoms with Crippen LogP contribution in [0, 0.1) is 0 Å². The van der Waals surface area contributed by atoms with Crippen molar-refractivity contribution >= 4 is 22.8 Å². The second-order valence-electron chi connectivity index (χ2n) is 8.51. The Balaban J connectivity index is 1.25. The number of para-hydroxylation sites is 2. The van der Waals surface area contributed by atoms with Gasteiger partial charge in [0, 0.05) is 26.1 Å². The zero-order valence-corrected chi connectivity index (χ0v) is 18.6. The first-order valence-electron chi connectivity index (χ1n) is 11.7. The van der Waals surface area contributed by atoms with Gasteiger partial charge in [-0.25, -0.2) is 4.98 Å². The van der Waals surface area contributed by atoms with Crippen LogP contribution >= 0.6 is 0 Å². The Morgan fingerprint density at radius 2 is 1.66 bits per heavy atom. The van der Waals surface area contributed by atoms with Gasteiger partial charge in [0.25, 0.3) is 0 Å². The lowest BCUT2D eigenvalue weighted by Gasteiger charge is -2.17. The molecular weight excluding hydrogens is 400 g/mol. The average Bonchev–Trinajstić information content (AvgIpc) is 3.46. The maximum absolute atomic E-state index is 12.8. The summed E-state index contributed by atoms with van der Waals surface area (Å²) >= 11 is 0. The first kappa shape index (κ1) is 22.1. The summed E-state index contributed by atoms with van der Waals surface area (Å²) in [7, 11) is 0. The van der Waals surface area contributed by atoms with Crippen molar-refractivity contribution in [3.63, 3.8) is 0 Å². The molecule has 4 rings (SSSR count). The predicted octanol–water partition coefficient (Wildman–Crippen LogP) is 3.73. The first-order valence-corrected chi connectivity index (χ1v) is 11.7. The van der Waals surface area contributed by atoms with E-state index in [1.165, 1.54) is 0 Å². The minimum Gasteiger partial charge on any atom is -0.356 e. The zero-order chi connectivity index (χ0) is 22.2. The van der Waals surface area contributed by atoms with Crippen LogP contribution in [0.15, 0.2) is 54.6 Å². The highest BCUT2D eigenvalue weighted by molar-refractivity contribution is 5.81. The van der Waals surface area contributed by atoms with E-state index in [-0.39, 0.29) is 11.8 Å². The third-order valence-corrected chi connectivity index (χ3v) is 6.09. The SMILES string of the molecule is O=C(Cc1ccccc1)NCCCCCc1nc2ccccc2n1CC(=O)N1CCCC1. The molecule has 1 fully saturated rings. The van der Waals surface area contributed by atoms with Crippen molar-refractivity contribution in [2.24, 2.45) is 0 Å². The summed E-state index contributed by atoms with van der Waals surface area (Å²) < 4.78 is 2.09. The maximum atomic E-state index is 12.8. The molecule has 2 aromatic carbocycles. The Morgan fingerprint density at radius 3 is 2.47 bits per heavy atom. The van der Waals surface area contributed by atoms with Gasteiger partial charge in [0.15, 0.2) is 0 Å². The van der Waals surface area contributed by atoms with Crippen LogP contribution in [-0.4, -0.2) is 45.9 Å². The van der Waals surface area contributed by atoms with Gasteiger partial charge >= 0.3 is 0 Å². The highest BCUT2D eigenvalue weighted by atomic mass is 16.2. The van der Waals surface area contributed by atoms with Crippen LogP contribution in [-0.2, 0) is 29.0 Å². The number of aryl methyl sites for hydroxylation is 1. The first-order chi connectivity index (χ1) is 15.7. The van der Waals surface area contributed by atoms with Crippen molar-refractivity contribution in [1.82, 2.24) is 19.8 Å². The summed E-state index contributed by atoms with van der Waals surface area (Å²) in [6, 6.07) is 17.9. The second kappa shape index (κ2) is 10.9. The molecular formula is C26H32N4O2. The quantitative estimate of drug-likeness (QED) is 0.497. The molecule has 6 nitrogen and oxygen atoms in total. The van der Waals surface area contributed by atoms with Gasteiger partial charge in [0.2, 0.25) is 11.8 Å². The molecule has 2 amide bonds. The lowest BCUT2D eigenvalue weighted by Crippen LogP contribution is -2.31. The molecule has 3 aromatic rings. The van der Waals surface area contributed by atoms with Crippen molar-refractivity contribution in [1.29, 1.82) is 0 Å². The van der Waals surface area contributed by atoms with E-state index in [0.717, 1.165) is 74.0 Å². The minimum atomic E-state index is 0.0680. The highest BCUT2D eigenvalue weighted by Crippen LogP contribution is 2.19. The molecule has 1 aliphatic heterocycles. The topological polar surface area (TPSA) is 67.2 Å². The number of rotatable bonds is 10. The van der Waals surface area contributed by atoms with Crippen LogP contribution in [0.3, 0.4) is 0 Å². The lowest BCUT2D eigenvalue weighted by atomic mass is 10.1. The Labute approximate surface area is 189 Å². The van der Waals surface area contributed by atoms with E-state index in [2.05, 4.69) is 9.88 Å². The Kier molecular flexibility index (Phi) is 7.54. The van der Waals surface area contributed by atoms with Gasteiger partial charge < -0.3 is 14.8 Å². The number of unbranched alkanes of at least 4 members (excludes halogenated alkanes) is 2. The van der Waals surface area contributed by atoms with Crippen LogP contribution in [0.1, 0.15) is 43.5 Å². The number of hydrogen-bond acceptors (Lipinski definition) is 3. The molecule has 0 aliphatic carbocycles. The summed E-state index contributed by atoms with van der Waals surface area (Å²) in [6.45, 7) is 2.80. The number of hydrogen-bond donors (Lipinski definition) is 1. The van der Waals surface area contributed by atoms with Gasteiger partial charge in [-0.1, -0.05) is 48.9 Å². The monoisotopic (exact) mass is 432 g/mol. The summed E-state index contributed by atoms with van der Waals surface area (Å²) in [5.74, 6) is 1.23. The van der Waals surface area contributed by atoms with E-state index in [9.17, 15) is 9.59 Å². The smallest absolute Gasteiger partial charge is 0.242 e. The number of amides is 2. The maximum Gasteiger partial charge on any atom is 0.242 e. The number of likely N-dealkylation sites (tertiary alicyclic amines) is 1. The molecule has 0 saturated carbocycles. The van der Waals surface area contributed by atoms with Crippen LogP contribution in [0.5, 0.6) is 0 Å². The fourth-order valence-electron chi connectivity index (χ4n) is 4.35. The molecule has 2 heterocycles. The van der Waals surface area contributed by atoms with E-state index in [4.69, 9.17) is 4.98 Å². The molecule has 1 aromatic heterocycles. The van der Waals surface area contributed by atoms with Gasteiger partial charge in [0.1, 0.15) is 12.4 Å². The minimum absolute atomic E-state index is 0.0680. The van der Waals surface area contributed by atoms with Crippen LogP contribution in [0.25, 0.3) is 11.0 Å². The molecule has 32 heavy (non-hydrogen) atoms. The summed E-state index contributed by atoms with van der Waals surface area (Å²) in [4.78, 5) is 31.6. The summed E-state index contributed by atoms with van der Waals surface area (Å²) in [5, 5.41) is 3.01. The summed E-state index contributed by atoms with van der Waals surface area (Å²) in [6.07, 6.45) is 6.39. The number of carbonyl (C=O) groups is 2. The van der Waals surface area contributed by atoms with E-state index < -0.39 is 0 Å². The van der Waals surface area contributed by atoms with Gasteiger partial charge in [-0.15, -0.1) is 0 Å². The van der Waals surface area contributed by atoms with E-state index in [0.29, 0.717) is 19.5 Å². The second-order valence-corrected chi connectivity index (χ2v) is 8.51. The van der Waals surface area contributed by atoms with Crippen molar-refractivity contribution in [3.8, 4) is 0 Å². The Hall–Kier alpha value is -3.15. The van der Waals surface area contributed by atoms with Gasteiger partial charge in [0.05, 0.1) is 17.5 Å². The predicted molar refractivity (Wildman–Crippen MR) is 126 cm³/mol. The van der Waals surface area contributed by atoms with E-state index in [1.54, 1.807) is 0 Å². The van der Waals surface area contributed by atoms with Crippen LogP contribution in [0.4, 0.5) is 0 Å². The van der Waals surface area contributed by atoms with Crippen molar-refractivity contribution in [2.75, 3.05) is 19.6 Å². The normalized spacial score (nSPS) is 13.6. The number of nitrogens with zero attached hydrogens (tertiary/aromatic N) is 3. The molecule has 0 radical (unpaired) electrons. The van der Waals surface area contributed by atoms with E-state index >= 15 is 0 Å². The number of aromatic nitrogens is 2. The van der Waals surface area contributed by atoms with Crippen LogP contribution < -0.4 is 5.32 Å². The Bertz CT molecular complexity index is 1040. The molecule has 1 N–H and O–H groups in total. The lowest BCUT2D eigenvalue weighted by molar-refractivity contribution is -0.130. The third kappa shape index (κ3) is 5.75. The van der Waals surface area contributed by atoms with Crippen molar-refractivity contribution in [3.05, 3.63) is 66.0 Å². The fourth-order valence-corrected chi connectivity index (χ4v) is 4.35. The van der Waals surface area contributed by atoms with Crippen molar-refractivity contribution < 1.29 is 9.59 Å². The number of carbonyl (C=O) groups excluding carboxylic acids is 2. The number of imidazole rings is 1. The van der Waals surface area contributed by atoms with Gasteiger partial charge in [-0.2, -0.15) is 0 Å². The Morgan fingerprint density at radius 1 is 0.906 bits per heavy atom. The van der Waals surface area contributed by atoms with E-state index in [1.807, 2.05) is 59.5 Å².